The van der Waals surface area contributed by atoms with Gasteiger partial charge in [0.05, 0.1) is 18.8 Å². The number of carbonyl (C=O) groups is 1. The van der Waals surface area contributed by atoms with Crippen LogP contribution in [0, 0.1) is 0 Å². The first-order valence-corrected chi connectivity index (χ1v) is 24.2. The fourth-order valence-electron chi connectivity index (χ4n) is 7.07. The van der Waals surface area contributed by atoms with Gasteiger partial charge in [-0.3, -0.25) is 4.79 Å². The lowest BCUT2D eigenvalue weighted by atomic mass is 10.0. The van der Waals surface area contributed by atoms with E-state index in [2.05, 4.69) is 67.8 Å². The van der Waals surface area contributed by atoms with Crippen LogP contribution in [0.1, 0.15) is 226 Å². The Bertz CT molecular complexity index is 988. The topological polar surface area (TPSA) is 110 Å². The predicted octanol–water partition coefficient (Wildman–Crippen LogP) is 13.2. The van der Waals surface area contributed by atoms with Crippen molar-refractivity contribution >= 4 is 5.91 Å². The molecule has 4 unspecified atom stereocenters. The molecule has 0 aromatic rings. The van der Waals surface area contributed by atoms with Gasteiger partial charge in [0.25, 0.3) is 0 Å². The molecular weight excluding hydrogens is 707 g/mol. The van der Waals surface area contributed by atoms with Gasteiger partial charge in [0, 0.05) is 6.42 Å². The highest BCUT2D eigenvalue weighted by atomic mass is 16.3. The number of allylic oxidation sites excluding steroid dienone is 9. The quantitative estimate of drug-likeness (QED) is 0.0312. The van der Waals surface area contributed by atoms with Crippen molar-refractivity contribution in [1.29, 1.82) is 0 Å². The van der Waals surface area contributed by atoms with Crippen LogP contribution in [-0.4, -0.2) is 57.3 Å². The van der Waals surface area contributed by atoms with Gasteiger partial charge in [-0.05, 0) is 77.0 Å². The van der Waals surface area contributed by atoms with E-state index < -0.39 is 36.9 Å². The molecule has 0 bridgehead atoms. The Morgan fingerprint density at radius 1 is 0.456 bits per heavy atom. The van der Waals surface area contributed by atoms with Crippen molar-refractivity contribution in [2.24, 2.45) is 0 Å². The van der Waals surface area contributed by atoms with Gasteiger partial charge in [-0.1, -0.05) is 203 Å². The average molecular weight is 800 g/mol. The van der Waals surface area contributed by atoms with Crippen LogP contribution in [0.5, 0.6) is 0 Å². The Kier molecular flexibility index (Phi) is 43.5. The summed E-state index contributed by atoms with van der Waals surface area (Å²) in [6, 6.07) is -1.04. The van der Waals surface area contributed by atoms with Crippen molar-refractivity contribution in [2.45, 2.75) is 250 Å². The van der Waals surface area contributed by atoms with Crippen molar-refractivity contribution in [3.63, 3.8) is 0 Å². The molecular formula is C51H93NO5. The fourth-order valence-corrected chi connectivity index (χ4v) is 7.07. The van der Waals surface area contributed by atoms with Crippen LogP contribution < -0.4 is 5.32 Å². The molecule has 0 radical (unpaired) electrons. The highest BCUT2D eigenvalue weighted by molar-refractivity contribution is 5.81. The minimum atomic E-state index is -1.32. The van der Waals surface area contributed by atoms with Crippen LogP contribution in [0.3, 0.4) is 0 Å². The summed E-state index contributed by atoms with van der Waals surface area (Å²) in [5.41, 5.74) is 0. The molecule has 57 heavy (non-hydrogen) atoms. The van der Waals surface area contributed by atoms with Crippen molar-refractivity contribution in [3.8, 4) is 0 Å². The SMILES string of the molecule is CCCCCCCC/C=C\C/C=C\CC(O)C(=O)NC(CO)C(O)C(O)CCC/C=C/CC/C=C/CC/C=C/CCCCCCCCCCCCCCCCCC. The fraction of sp³-hybridized carbons (Fsp3) is 0.784. The van der Waals surface area contributed by atoms with E-state index >= 15 is 0 Å². The molecule has 0 rings (SSSR count). The van der Waals surface area contributed by atoms with Gasteiger partial charge in [-0.2, -0.15) is 0 Å². The Morgan fingerprint density at radius 3 is 1.23 bits per heavy atom. The highest BCUT2D eigenvalue weighted by Gasteiger charge is 2.28. The Morgan fingerprint density at radius 2 is 0.807 bits per heavy atom. The normalized spacial score (nSPS) is 14.6. The molecule has 0 spiro atoms. The summed E-state index contributed by atoms with van der Waals surface area (Å²) in [4.78, 5) is 12.4. The maximum absolute atomic E-state index is 12.4. The molecule has 0 aliphatic carbocycles. The molecule has 0 heterocycles. The van der Waals surface area contributed by atoms with Gasteiger partial charge < -0.3 is 25.7 Å². The van der Waals surface area contributed by atoms with Crippen molar-refractivity contribution in [3.05, 3.63) is 60.8 Å². The number of unbranched alkanes of at least 4 members (excludes halogenated alkanes) is 25. The summed E-state index contributed by atoms with van der Waals surface area (Å²) >= 11 is 0. The maximum Gasteiger partial charge on any atom is 0.249 e. The molecule has 0 saturated carbocycles. The largest absolute Gasteiger partial charge is 0.394 e. The van der Waals surface area contributed by atoms with Gasteiger partial charge in [-0.15, -0.1) is 0 Å². The maximum atomic E-state index is 12.4. The highest BCUT2D eigenvalue weighted by Crippen LogP contribution is 2.15. The standard InChI is InChI=1S/C51H93NO5/c1-3-5-7-9-11-13-15-17-18-19-20-21-22-23-24-25-26-27-28-29-30-31-32-33-35-36-38-40-42-44-48(54)50(56)47(46-53)52-51(57)49(55)45-43-41-39-37-34-16-14-12-10-8-6-4-2/h27-28,31-32,34,36-38,41,43,47-50,53-56H,3-26,29-30,33,35,39-40,42,44-46H2,1-2H3,(H,52,57)/b28-27+,32-31+,37-34-,38-36+,43-41-. The third-order valence-corrected chi connectivity index (χ3v) is 10.9. The molecule has 332 valence electrons. The van der Waals surface area contributed by atoms with E-state index in [1.165, 1.54) is 148 Å². The zero-order valence-corrected chi connectivity index (χ0v) is 37.3. The first-order valence-electron chi connectivity index (χ1n) is 24.2. The number of rotatable bonds is 43. The summed E-state index contributed by atoms with van der Waals surface area (Å²) in [5.74, 6) is -0.669. The first-order chi connectivity index (χ1) is 28.0. The van der Waals surface area contributed by atoms with E-state index in [9.17, 15) is 25.2 Å². The summed E-state index contributed by atoms with van der Waals surface area (Å²) in [6.45, 7) is 3.99. The number of hydrogen-bond donors (Lipinski definition) is 5. The lowest BCUT2D eigenvalue weighted by molar-refractivity contribution is -0.132. The van der Waals surface area contributed by atoms with E-state index in [1.54, 1.807) is 6.08 Å². The molecule has 0 aliphatic rings. The molecule has 0 aliphatic heterocycles. The van der Waals surface area contributed by atoms with Gasteiger partial charge >= 0.3 is 0 Å². The van der Waals surface area contributed by atoms with Gasteiger partial charge in [0.2, 0.25) is 5.91 Å². The third kappa shape index (κ3) is 39.3. The van der Waals surface area contributed by atoms with Crippen molar-refractivity contribution in [1.82, 2.24) is 5.32 Å². The van der Waals surface area contributed by atoms with Crippen LogP contribution in [0.25, 0.3) is 0 Å². The summed E-state index contributed by atoms with van der Waals surface area (Å²) in [7, 11) is 0. The molecule has 0 saturated heterocycles. The van der Waals surface area contributed by atoms with Gasteiger partial charge in [0.15, 0.2) is 0 Å². The molecule has 0 fully saturated rings. The number of carbonyl (C=O) groups excluding carboxylic acids is 1. The predicted molar refractivity (Wildman–Crippen MR) is 246 cm³/mol. The van der Waals surface area contributed by atoms with Gasteiger partial charge in [0.1, 0.15) is 12.2 Å². The number of nitrogens with one attached hydrogen (secondary N) is 1. The summed E-state index contributed by atoms with van der Waals surface area (Å²) in [5, 5.41) is 43.5. The monoisotopic (exact) mass is 800 g/mol. The van der Waals surface area contributed by atoms with Crippen LogP contribution in [-0.2, 0) is 4.79 Å². The minimum Gasteiger partial charge on any atom is -0.394 e. The van der Waals surface area contributed by atoms with E-state index in [0.29, 0.717) is 12.8 Å². The number of aliphatic hydroxyl groups is 4. The van der Waals surface area contributed by atoms with Crippen molar-refractivity contribution < 1.29 is 25.2 Å². The molecule has 6 nitrogen and oxygen atoms in total. The molecule has 4 atom stereocenters. The second-order valence-corrected chi connectivity index (χ2v) is 16.4. The number of aliphatic hydroxyl groups excluding tert-OH is 4. The van der Waals surface area contributed by atoms with Crippen LogP contribution in [0.4, 0.5) is 0 Å². The number of amides is 1. The van der Waals surface area contributed by atoms with Crippen LogP contribution in [0.2, 0.25) is 0 Å². The van der Waals surface area contributed by atoms with Crippen LogP contribution in [0.15, 0.2) is 60.8 Å². The minimum absolute atomic E-state index is 0.146. The van der Waals surface area contributed by atoms with E-state index in [-0.39, 0.29) is 6.42 Å². The molecule has 0 aromatic carbocycles. The smallest absolute Gasteiger partial charge is 0.249 e. The molecule has 0 aromatic heterocycles. The molecule has 1 amide bonds. The zero-order chi connectivity index (χ0) is 41.7. The Balaban J connectivity index is 3.78. The van der Waals surface area contributed by atoms with Crippen molar-refractivity contribution in [2.75, 3.05) is 6.61 Å². The van der Waals surface area contributed by atoms with Gasteiger partial charge in [-0.25, -0.2) is 0 Å². The van der Waals surface area contributed by atoms with E-state index in [0.717, 1.165) is 44.9 Å². The zero-order valence-electron chi connectivity index (χ0n) is 37.3. The summed E-state index contributed by atoms with van der Waals surface area (Å²) in [6.07, 6.45) is 57.3. The second kappa shape index (κ2) is 45.1. The molecule has 6 heteroatoms. The van der Waals surface area contributed by atoms with E-state index in [4.69, 9.17) is 0 Å². The lowest BCUT2D eigenvalue weighted by Gasteiger charge is -2.27. The van der Waals surface area contributed by atoms with E-state index in [1.807, 2.05) is 6.08 Å². The summed E-state index contributed by atoms with van der Waals surface area (Å²) < 4.78 is 0. The Labute approximate surface area is 352 Å². The second-order valence-electron chi connectivity index (χ2n) is 16.4. The van der Waals surface area contributed by atoms with Crippen LogP contribution >= 0.6 is 0 Å². The third-order valence-electron chi connectivity index (χ3n) is 10.9. The first kappa shape index (κ1) is 55.0. The lowest BCUT2D eigenvalue weighted by Crippen LogP contribution is -2.52. The Hall–Kier alpha value is -1.99. The number of hydrogen-bond acceptors (Lipinski definition) is 5. The average Bonchev–Trinajstić information content (AvgIpc) is 3.22. The molecule has 5 N–H and O–H groups in total.